The molecule has 0 aromatic heterocycles. The monoisotopic (exact) mass is 285 g/mol. The van der Waals surface area contributed by atoms with Crippen LogP contribution in [0.25, 0.3) is 0 Å². The van der Waals surface area contributed by atoms with Crippen molar-refractivity contribution in [3.63, 3.8) is 0 Å². The van der Waals surface area contributed by atoms with Gasteiger partial charge in [0.2, 0.25) is 11.8 Å². The number of thiocarbonyl (C=S) groups is 1. The third-order valence-electron chi connectivity index (χ3n) is 3.83. The summed E-state index contributed by atoms with van der Waals surface area (Å²) < 4.78 is 0. The normalized spacial score (nSPS) is 26.2. The van der Waals surface area contributed by atoms with Crippen molar-refractivity contribution >= 4 is 29.0 Å². The number of carbonyl (C=O) groups excluding carboxylic acids is 2. The number of hydrogen-bond donors (Lipinski definition) is 3. The molecule has 108 valence electrons. The maximum Gasteiger partial charge on any atom is 0.233 e. The van der Waals surface area contributed by atoms with E-state index in [1.165, 1.54) is 0 Å². The van der Waals surface area contributed by atoms with E-state index < -0.39 is 10.8 Å². The lowest BCUT2D eigenvalue weighted by molar-refractivity contribution is -0.134. The predicted molar refractivity (Wildman–Crippen MR) is 78.5 cm³/mol. The van der Waals surface area contributed by atoms with Crippen molar-refractivity contribution in [2.24, 2.45) is 22.5 Å². The molecule has 6 heteroatoms. The van der Waals surface area contributed by atoms with Gasteiger partial charge in [-0.25, -0.2) is 0 Å². The summed E-state index contributed by atoms with van der Waals surface area (Å²) >= 11 is 5.03. The fourth-order valence-electron chi connectivity index (χ4n) is 2.52. The summed E-state index contributed by atoms with van der Waals surface area (Å²) in [6.07, 6.45) is 1.38. The molecule has 0 aromatic carbocycles. The van der Waals surface area contributed by atoms with Crippen LogP contribution in [-0.4, -0.2) is 30.4 Å². The Morgan fingerprint density at radius 3 is 2.32 bits per heavy atom. The summed E-state index contributed by atoms with van der Waals surface area (Å²) in [7, 11) is 1.58. The van der Waals surface area contributed by atoms with Gasteiger partial charge in [-0.05, 0) is 32.6 Å². The van der Waals surface area contributed by atoms with Crippen LogP contribution in [0.1, 0.15) is 33.6 Å². The molecule has 1 aliphatic rings. The minimum atomic E-state index is -0.715. The van der Waals surface area contributed by atoms with E-state index in [-0.39, 0.29) is 23.3 Å². The smallest absolute Gasteiger partial charge is 0.233 e. The van der Waals surface area contributed by atoms with Crippen molar-refractivity contribution in [3.05, 3.63) is 0 Å². The van der Waals surface area contributed by atoms with Crippen LogP contribution < -0.4 is 16.4 Å². The summed E-state index contributed by atoms with van der Waals surface area (Å²) in [5.74, 6) is 0.188. The Labute approximate surface area is 119 Å². The third kappa shape index (κ3) is 3.05. The first-order chi connectivity index (χ1) is 8.65. The highest BCUT2D eigenvalue weighted by Gasteiger charge is 2.51. The van der Waals surface area contributed by atoms with Crippen LogP contribution in [0, 0.1) is 16.7 Å². The van der Waals surface area contributed by atoms with Crippen LogP contribution in [0.5, 0.6) is 0 Å². The molecule has 2 amide bonds. The first kappa shape index (κ1) is 15.9. The quantitative estimate of drug-likeness (QED) is 0.645. The van der Waals surface area contributed by atoms with E-state index in [1.807, 2.05) is 0 Å². The molecular formula is C13H23N3O2S. The van der Waals surface area contributed by atoms with Gasteiger partial charge in [-0.15, -0.1) is 0 Å². The van der Waals surface area contributed by atoms with Crippen LogP contribution in [0.3, 0.4) is 0 Å². The van der Waals surface area contributed by atoms with E-state index in [9.17, 15) is 9.59 Å². The van der Waals surface area contributed by atoms with Gasteiger partial charge < -0.3 is 16.4 Å². The molecule has 0 unspecified atom stereocenters. The van der Waals surface area contributed by atoms with E-state index in [0.29, 0.717) is 18.8 Å². The second kappa shape index (κ2) is 5.45. The minimum Gasteiger partial charge on any atom is -0.392 e. The molecule has 19 heavy (non-hydrogen) atoms. The first-order valence-electron chi connectivity index (χ1n) is 6.46. The highest BCUT2D eigenvalue weighted by Crippen LogP contribution is 2.46. The Kier molecular flexibility index (Phi) is 4.55. The van der Waals surface area contributed by atoms with Gasteiger partial charge in [0, 0.05) is 13.6 Å². The van der Waals surface area contributed by atoms with Crippen LogP contribution in [0.15, 0.2) is 0 Å². The van der Waals surface area contributed by atoms with Crippen molar-refractivity contribution in [1.82, 2.24) is 10.6 Å². The lowest BCUT2D eigenvalue weighted by Gasteiger charge is -2.44. The number of nitrogens with two attached hydrogens (primary N) is 1. The Balaban J connectivity index is 2.65. The summed E-state index contributed by atoms with van der Waals surface area (Å²) in [5.41, 5.74) is 4.34. The number of carbonyl (C=O) groups is 2. The van der Waals surface area contributed by atoms with Gasteiger partial charge in [0.05, 0.1) is 15.8 Å². The molecule has 0 atom stereocenters. The molecule has 0 heterocycles. The van der Waals surface area contributed by atoms with E-state index in [4.69, 9.17) is 18.0 Å². The highest BCUT2D eigenvalue weighted by atomic mass is 32.1. The zero-order valence-corrected chi connectivity index (χ0v) is 12.8. The van der Waals surface area contributed by atoms with Gasteiger partial charge in [0.15, 0.2) is 0 Å². The Bertz CT molecular complexity index is 401. The van der Waals surface area contributed by atoms with Crippen molar-refractivity contribution < 1.29 is 9.59 Å². The molecule has 1 fully saturated rings. The molecule has 0 bridgehead atoms. The average Bonchev–Trinajstić information content (AvgIpc) is 2.30. The lowest BCUT2D eigenvalue weighted by Crippen LogP contribution is -2.57. The molecule has 0 aromatic rings. The van der Waals surface area contributed by atoms with Gasteiger partial charge >= 0.3 is 0 Å². The molecule has 4 N–H and O–H groups in total. The van der Waals surface area contributed by atoms with Gasteiger partial charge in [0.1, 0.15) is 0 Å². The average molecular weight is 285 g/mol. The Morgan fingerprint density at radius 1 is 1.42 bits per heavy atom. The van der Waals surface area contributed by atoms with E-state index >= 15 is 0 Å². The molecule has 0 radical (unpaired) electrons. The second-order valence-electron chi connectivity index (χ2n) is 6.11. The Hall–Kier alpha value is -1.17. The van der Waals surface area contributed by atoms with Crippen molar-refractivity contribution in [1.29, 1.82) is 0 Å². The van der Waals surface area contributed by atoms with Crippen molar-refractivity contribution in [3.8, 4) is 0 Å². The molecule has 1 rings (SSSR count). The van der Waals surface area contributed by atoms with Crippen molar-refractivity contribution in [2.45, 2.75) is 33.6 Å². The predicted octanol–water partition coefficient (Wildman–Crippen LogP) is 0.577. The first-order valence-corrected chi connectivity index (χ1v) is 6.87. The zero-order valence-electron chi connectivity index (χ0n) is 12.0. The SMILES string of the molecule is CNC(=O)C(C)(C)CNC(=O)C1(C(N)=S)CC(C)C1. The summed E-state index contributed by atoms with van der Waals surface area (Å²) in [4.78, 5) is 24.2. The molecule has 5 nitrogen and oxygen atoms in total. The fraction of sp³-hybridized carbons (Fsp3) is 0.769. The Morgan fingerprint density at radius 2 is 1.95 bits per heavy atom. The molecule has 0 aliphatic heterocycles. The molecular weight excluding hydrogens is 262 g/mol. The second-order valence-corrected chi connectivity index (χ2v) is 6.55. The van der Waals surface area contributed by atoms with Gasteiger partial charge in [0.25, 0.3) is 0 Å². The maximum absolute atomic E-state index is 12.3. The summed E-state index contributed by atoms with van der Waals surface area (Å²) in [6.45, 7) is 5.90. The third-order valence-corrected chi connectivity index (χ3v) is 4.22. The van der Waals surface area contributed by atoms with Crippen LogP contribution in [0.4, 0.5) is 0 Å². The van der Waals surface area contributed by atoms with Crippen molar-refractivity contribution in [2.75, 3.05) is 13.6 Å². The summed E-state index contributed by atoms with van der Waals surface area (Å²) in [5, 5.41) is 5.40. The van der Waals surface area contributed by atoms with Gasteiger partial charge in [-0.2, -0.15) is 0 Å². The number of hydrogen-bond acceptors (Lipinski definition) is 3. The standard InChI is InChI=1S/C13H23N3O2S/c1-8-5-13(6-8,9(14)19)11(18)16-7-12(2,3)10(17)15-4/h8H,5-7H2,1-4H3,(H2,14,19)(H,15,17)(H,16,18). The largest absolute Gasteiger partial charge is 0.392 e. The number of amides is 2. The van der Waals surface area contributed by atoms with Crippen LogP contribution in [0.2, 0.25) is 0 Å². The summed E-state index contributed by atoms with van der Waals surface area (Å²) in [6, 6.07) is 0. The minimum absolute atomic E-state index is 0.112. The van der Waals surface area contributed by atoms with E-state index in [1.54, 1.807) is 20.9 Å². The van der Waals surface area contributed by atoms with E-state index in [0.717, 1.165) is 0 Å². The van der Waals surface area contributed by atoms with Gasteiger partial charge in [-0.3, -0.25) is 9.59 Å². The molecule has 0 spiro atoms. The van der Waals surface area contributed by atoms with Crippen LogP contribution in [-0.2, 0) is 9.59 Å². The number of rotatable bonds is 5. The van der Waals surface area contributed by atoms with Crippen LogP contribution >= 0.6 is 12.2 Å². The lowest BCUT2D eigenvalue weighted by atomic mass is 9.62. The maximum atomic E-state index is 12.3. The topological polar surface area (TPSA) is 84.2 Å². The zero-order chi connectivity index (χ0) is 14.8. The fourth-order valence-corrected chi connectivity index (χ4v) is 2.78. The molecule has 0 saturated heterocycles. The van der Waals surface area contributed by atoms with Gasteiger partial charge in [-0.1, -0.05) is 19.1 Å². The highest BCUT2D eigenvalue weighted by molar-refractivity contribution is 7.80. The molecule has 1 saturated carbocycles. The number of nitrogens with one attached hydrogen (secondary N) is 2. The van der Waals surface area contributed by atoms with E-state index in [2.05, 4.69) is 17.6 Å². The molecule has 1 aliphatic carbocycles.